The number of nitrogens with zero attached hydrogens (tertiary/aromatic N) is 1. The molecule has 142 valence electrons. The third-order valence-electron chi connectivity index (χ3n) is 4.81. The minimum atomic E-state index is 0. The SMILES string of the molecule is CCCCCCCC/C=C\CCCCCCCC[NH+]1CCC=N1.[OH-]. The number of nitrogens with one attached hydrogen (secondary N) is 1. The maximum atomic E-state index is 4.43. The standard InChI is InChI=1S/C21H40N2.H2O/c1-2-3-4-5-6-7-8-9-10-11-12-13-14-15-16-17-20-23-21-18-19-22-23;/h9-10,19H,2-8,11-18,20-21H2,1H3;1H2/b10-9-;. The van der Waals surface area contributed by atoms with E-state index in [0.29, 0.717) is 0 Å². The molecule has 1 aliphatic heterocycles. The fraction of sp³-hybridized carbons (Fsp3) is 0.857. The van der Waals surface area contributed by atoms with Gasteiger partial charge in [-0.15, -0.1) is 0 Å². The molecule has 0 aromatic heterocycles. The topological polar surface area (TPSA) is 46.8 Å². The number of hydrogen-bond acceptors (Lipinski definition) is 2. The van der Waals surface area contributed by atoms with Crippen LogP contribution in [0.5, 0.6) is 0 Å². The van der Waals surface area contributed by atoms with Gasteiger partial charge in [0.1, 0.15) is 13.1 Å². The van der Waals surface area contributed by atoms with Crippen LogP contribution in [0.3, 0.4) is 0 Å². The largest absolute Gasteiger partial charge is 0.870 e. The van der Waals surface area contributed by atoms with Gasteiger partial charge in [-0.05, 0) is 38.5 Å². The first-order valence-corrected chi connectivity index (χ1v) is 10.5. The molecular formula is C21H42N2O. The summed E-state index contributed by atoms with van der Waals surface area (Å²) in [6.45, 7) is 4.76. The summed E-state index contributed by atoms with van der Waals surface area (Å²) in [6.07, 6.45) is 27.5. The van der Waals surface area contributed by atoms with Gasteiger partial charge in [-0.3, -0.25) is 0 Å². The molecule has 0 spiro atoms. The van der Waals surface area contributed by atoms with Crippen LogP contribution >= 0.6 is 0 Å². The normalized spacial score (nSPS) is 16.8. The number of allylic oxidation sites excluding steroid dienone is 2. The molecule has 1 heterocycles. The maximum absolute atomic E-state index is 4.43. The number of unbranched alkanes of at least 4 members (excludes halogenated alkanes) is 12. The lowest BCUT2D eigenvalue weighted by molar-refractivity contribution is -0.901. The van der Waals surface area contributed by atoms with Gasteiger partial charge in [-0.2, -0.15) is 0 Å². The molecule has 1 atom stereocenters. The van der Waals surface area contributed by atoms with E-state index in [1.165, 1.54) is 114 Å². The van der Waals surface area contributed by atoms with E-state index in [1.54, 1.807) is 0 Å². The predicted molar refractivity (Wildman–Crippen MR) is 105 cm³/mol. The Balaban J connectivity index is 0.00000529. The summed E-state index contributed by atoms with van der Waals surface area (Å²) in [5.74, 6) is 0. The van der Waals surface area contributed by atoms with E-state index in [9.17, 15) is 0 Å². The monoisotopic (exact) mass is 338 g/mol. The van der Waals surface area contributed by atoms with Gasteiger partial charge in [0.25, 0.3) is 0 Å². The lowest BCUT2D eigenvalue weighted by Crippen LogP contribution is -3.06. The van der Waals surface area contributed by atoms with E-state index >= 15 is 0 Å². The zero-order valence-corrected chi connectivity index (χ0v) is 16.1. The van der Waals surface area contributed by atoms with Gasteiger partial charge in [0.15, 0.2) is 0 Å². The average molecular weight is 339 g/mol. The van der Waals surface area contributed by atoms with Crippen molar-refractivity contribution in [3.05, 3.63) is 12.2 Å². The van der Waals surface area contributed by atoms with Crippen molar-refractivity contribution in [3.63, 3.8) is 0 Å². The molecule has 0 saturated carbocycles. The third-order valence-corrected chi connectivity index (χ3v) is 4.81. The Bertz CT molecular complexity index is 302. The Kier molecular flexibility index (Phi) is 18.1. The summed E-state index contributed by atoms with van der Waals surface area (Å²) in [5, 5.41) is 5.87. The quantitative estimate of drug-likeness (QED) is 0.308. The number of quaternary nitrogens is 1. The Morgan fingerprint density at radius 3 is 1.88 bits per heavy atom. The van der Waals surface area contributed by atoms with Gasteiger partial charge in [-0.1, -0.05) is 75.5 Å². The molecule has 0 fully saturated rings. The lowest BCUT2D eigenvalue weighted by Gasteiger charge is -2.06. The van der Waals surface area contributed by atoms with Crippen LogP contribution in [0.1, 0.15) is 103 Å². The highest BCUT2D eigenvalue weighted by Crippen LogP contribution is 2.09. The molecule has 1 rings (SSSR count). The summed E-state index contributed by atoms with van der Waals surface area (Å²) in [4.78, 5) is 0. The zero-order chi connectivity index (χ0) is 16.4. The summed E-state index contributed by atoms with van der Waals surface area (Å²) in [5.41, 5.74) is 0. The minimum Gasteiger partial charge on any atom is -0.870 e. The van der Waals surface area contributed by atoms with Crippen molar-refractivity contribution in [2.45, 2.75) is 103 Å². The Morgan fingerprint density at radius 1 is 0.792 bits per heavy atom. The van der Waals surface area contributed by atoms with Crippen LogP contribution in [-0.2, 0) is 0 Å². The van der Waals surface area contributed by atoms with Crippen LogP contribution < -0.4 is 5.01 Å². The molecule has 24 heavy (non-hydrogen) atoms. The minimum absolute atomic E-state index is 0. The van der Waals surface area contributed by atoms with Crippen molar-refractivity contribution in [2.24, 2.45) is 5.10 Å². The molecule has 1 aliphatic rings. The molecule has 3 heteroatoms. The first kappa shape index (κ1) is 23.3. The van der Waals surface area contributed by atoms with Crippen LogP contribution in [0.2, 0.25) is 0 Å². The van der Waals surface area contributed by atoms with Crippen molar-refractivity contribution in [2.75, 3.05) is 13.1 Å². The van der Waals surface area contributed by atoms with Gasteiger partial charge >= 0.3 is 0 Å². The molecule has 0 bridgehead atoms. The van der Waals surface area contributed by atoms with E-state index in [0.717, 1.165) is 0 Å². The van der Waals surface area contributed by atoms with Gasteiger partial charge in [0.2, 0.25) is 0 Å². The summed E-state index contributed by atoms with van der Waals surface area (Å²) in [6, 6.07) is 0. The van der Waals surface area contributed by atoms with Crippen LogP contribution in [0, 0.1) is 0 Å². The fourth-order valence-corrected chi connectivity index (χ4v) is 3.26. The molecule has 0 aliphatic carbocycles. The van der Waals surface area contributed by atoms with Gasteiger partial charge < -0.3 is 5.48 Å². The predicted octanol–water partition coefficient (Wildman–Crippen LogP) is 5.12. The molecule has 0 saturated heterocycles. The second-order valence-corrected chi connectivity index (χ2v) is 7.10. The first-order chi connectivity index (χ1) is 11.4. The zero-order valence-electron chi connectivity index (χ0n) is 16.1. The highest BCUT2D eigenvalue weighted by molar-refractivity contribution is 5.57. The maximum Gasteiger partial charge on any atom is 0.106 e. The summed E-state index contributed by atoms with van der Waals surface area (Å²) in [7, 11) is 0. The molecule has 0 amide bonds. The van der Waals surface area contributed by atoms with Gasteiger partial charge in [0.05, 0.1) is 6.21 Å². The molecule has 3 nitrogen and oxygen atoms in total. The van der Waals surface area contributed by atoms with E-state index in [-0.39, 0.29) is 5.48 Å². The number of hydrogen-bond donors (Lipinski definition) is 1. The molecule has 0 aromatic rings. The number of rotatable bonds is 16. The van der Waals surface area contributed by atoms with Crippen molar-refractivity contribution < 1.29 is 10.5 Å². The van der Waals surface area contributed by atoms with Gasteiger partial charge in [0, 0.05) is 6.42 Å². The van der Waals surface area contributed by atoms with Crippen LogP contribution in [0.4, 0.5) is 0 Å². The van der Waals surface area contributed by atoms with Crippen molar-refractivity contribution in [3.8, 4) is 0 Å². The van der Waals surface area contributed by atoms with Crippen molar-refractivity contribution in [1.82, 2.24) is 0 Å². The summed E-state index contributed by atoms with van der Waals surface area (Å²) >= 11 is 0. The van der Waals surface area contributed by atoms with Crippen molar-refractivity contribution in [1.29, 1.82) is 0 Å². The van der Waals surface area contributed by atoms with E-state index in [4.69, 9.17) is 0 Å². The molecule has 2 N–H and O–H groups in total. The average Bonchev–Trinajstić information content (AvgIpc) is 3.08. The fourth-order valence-electron chi connectivity index (χ4n) is 3.26. The molecule has 1 unspecified atom stereocenters. The Labute approximate surface area is 150 Å². The first-order valence-electron chi connectivity index (χ1n) is 10.5. The van der Waals surface area contributed by atoms with E-state index in [2.05, 4.69) is 30.4 Å². The summed E-state index contributed by atoms with van der Waals surface area (Å²) < 4.78 is 0. The van der Waals surface area contributed by atoms with Crippen LogP contribution in [-0.4, -0.2) is 24.8 Å². The third kappa shape index (κ3) is 14.9. The second kappa shape index (κ2) is 18.7. The van der Waals surface area contributed by atoms with E-state index in [1.807, 2.05) is 0 Å². The highest BCUT2D eigenvalue weighted by Gasteiger charge is 2.09. The van der Waals surface area contributed by atoms with Gasteiger partial charge in [-0.25, -0.2) is 5.01 Å². The van der Waals surface area contributed by atoms with Crippen LogP contribution in [0.15, 0.2) is 17.3 Å². The van der Waals surface area contributed by atoms with Crippen molar-refractivity contribution >= 4 is 6.21 Å². The molecule has 0 radical (unpaired) electrons. The van der Waals surface area contributed by atoms with E-state index < -0.39 is 0 Å². The highest BCUT2D eigenvalue weighted by atomic mass is 16.0. The molecule has 0 aromatic carbocycles. The Morgan fingerprint density at radius 2 is 1.33 bits per heavy atom. The lowest BCUT2D eigenvalue weighted by atomic mass is 10.1. The smallest absolute Gasteiger partial charge is 0.106 e. The molecular weight excluding hydrogens is 296 g/mol. The second-order valence-electron chi connectivity index (χ2n) is 7.10. The Hall–Kier alpha value is -0.670. The van der Waals surface area contributed by atoms with Crippen LogP contribution in [0.25, 0.3) is 0 Å².